The van der Waals surface area contributed by atoms with Crippen molar-refractivity contribution < 1.29 is 9.13 Å². The second kappa shape index (κ2) is 10.3. The molecule has 4 aromatic heterocycles. The van der Waals surface area contributed by atoms with E-state index in [0.29, 0.717) is 40.2 Å². The van der Waals surface area contributed by atoms with E-state index in [-0.39, 0.29) is 11.4 Å². The molecule has 11 nitrogen and oxygen atoms in total. The minimum absolute atomic E-state index is 0.204. The van der Waals surface area contributed by atoms with Gasteiger partial charge in [-0.05, 0) is 50.4 Å². The van der Waals surface area contributed by atoms with Gasteiger partial charge < -0.3 is 20.3 Å². The van der Waals surface area contributed by atoms with E-state index >= 15 is 0 Å². The maximum atomic E-state index is 14.9. The predicted octanol–water partition coefficient (Wildman–Crippen LogP) is 4.38. The van der Waals surface area contributed by atoms with Crippen LogP contribution in [-0.2, 0) is 30.7 Å². The third-order valence-electron chi connectivity index (χ3n) is 10.3. The first kappa shape index (κ1) is 27.9. The van der Waals surface area contributed by atoms with E-state index in [1.54, 1.807) is 6.07 Å². The summed E-state index contributed by atoms with van der Waals surface area (Å²) in [4.78, 5) is 22.4. The Bertz CT molecular complexity index is 2080. The number of aromatic nitrogens is 5. The zero-order valence-corrected chi connectivity index (χ0v) is 26.4. The summed E-state index contributed by atoms with van der Waals surface area (Å²) in [5, 5.41) is 15.6. The lowest BCUT2D eigenvalue weighted by Crippen LogP contribution is -2.53. The lowest BCUT2D eigenvalue weighted by molar-refractivity contribution is 0.0269. The number of halogens is 1. The Kier molecular flexibility index (Phi) is 6.25. The van der Waals surface area contributed by atoms with Crippen LogP contribution < -0.4 is 15.5 Å². The number of ether oxygens (including phenoxy) is 1. The minimum atomic E-state index is -0.408. The first-order valence-corrected chi connectivity index (χ1v) is 16.7. The fraction of sp³-hybridized carbons (Fsp3) is 0.424. The third-order valence-corrected chi connectivity index (χ3v) is 11.4. The van der Waals surface area contributed by atoms with Gasteiger partial charge in [0, 0.05) is 73.6 Å². The Morgan fingerprint density at radius 1 is 1.13 bits per heavy atom. The van der Waals surface area contributed by atoms with Crippen molar-refractivity contribution in [3.63, 3.8) is 0 Å². The molecule has 1 saturated heterocycles. The number of hydrogen-bond donors (Lipinski definition) is 1. The molecule has 0 amide bonds. The van der Waals surface area contributed by atoms with Crippen LogP contribution in [0, 0.1) is 17.1 Å². The summed E-state index contributed by atoms with van der Waals surface area (Å²) < 4.78 is 23.7. The van der Waals surface area contributed by atoms with Gasteiger partial charge >= 0.3 is 0 Å². The number of nitrogens with two attached hydrogens (primary N) is 1. The number of thiophene rings is 1. The molecule has 1 saturated carbocycles. The van der Waals surface area contributed by atoms with Crippen LogP contribution >= 0.6 is 11.3 Å². The monoisotopic (exact) mass is 636 g/mol. The summed E-state index contributed by atoms with van der Waals surface area (Å²) in [7, 11) is 2.22. The highest BCUT2D eigenvalue weighted by Crippen LogP contribution is 2.46. The van der Waals surface area contributed by atoms with E-state index in [1.165, 1.54) is 18.9 Å². The Hall–Kier alpha value is -4.38. The van der Waals surface area contributed by atoms with Crippen LogP contribution in [0.3, 0.4) is 0 Å². The van der Waals surface area contributed by atoms with Crippen molar-refractivity contribution in [1.29, 1.82) is 5.26 Å². The SMILES string of the molecule is CN1CCN(c2nc3c(c(N4CCCc5nn6cccnc6c5C4)n2)CO[C@H](c2ccc(F)c4sc(N)c(C#N)c24)C3)CC12CC2. The second-order valence-electron chi connectivity index (χ2n) is 13.0. The van der Waals surface area contributed by atoms with Gasteiger partial charge in [0.2, 0.25) is 5.95 Å². The molecule has 234 valence electrons. The van der Waals surface area contributed by atoms with E-state index in [1.807, 2.05) is 23.0 Å². The van der Waals surface area contributed by atoms with Crippen LogP contribution in [0.2, 0.25) is 0 Å². The van der Waals surface area contributed by atoms with Gasteiger partial charge in [-0.2, -0.15) is 15.3 Å². The van der Waals surface area contributed by atoms with Crippen LogP contribution in [0.25, 0.3) is 15.7 Å². The van der Waals surface area contributed by atoms with Gasteiger partial charge in [-0.1, -0.05) is 6.07 Å². The Balaban J connectivity index is 1.14. The fourth-order valence-corrected chi connectivity index (χ4v) is 8.54. The summed E-state index contributed by atoms with van der Waals surface area (Å²) in [6.07, 6.45) is 8.04. The molecule has 46 heavy (non-hydrogen) atoms. The average Bonchev–Trinajstić information content (AvgIpc) is 3.70. The van der Waals surface area contributed by atoms with Crippen LogP contribution in [-0.4, -0.2) is 68.2 Å². The van der Waals surface area contributed by atoms with Gasteiger partial charge in [0.05, 0.1) is 34.4 Å². The first-order valence-electron chi connectivity index (χ1n) is 15.9. The Labute approximate surface area is 269 Å². The van der Waals surface area contributed by atoms with Crippen molar-refractivity contribution >= 4 is 43.8 Å². The number of nitriles is 1. The molecule has 0 radical (unpaired) electrons. The van der Waals surface area contributed by atoms with Crippen molar-refractivity contribution in [2.45, 2.75) is 56.9 Å². The van der Waals surface area contributed by atoms with Crippen molar-refractivity contribution in [3.8, 4) is 6.07 Å². The zero-order valence-electron chi connectivity index (χ0n) is 25.5. The molecule has 0 unspecified atom stereocenters. The number of rotatable bonds is 3. The average molecular weight is 637 g/mol. The second-order valence-corrected chi connectivity index (χ2v) is 14.0. The van der Waals surface area contributed by atoms with Gasteiger partial charge in [-0.15, -0.1) is 11.3 Å². The molecule has 9 rings (SSSR count). The maximum absolute atomic E-state index is 14.9. The topological polar surface area (TPSA) is 125 Å². The molecule has 13 heteroatoms. The van der Waals surface area contributed by atoms with Gasteiger partial charge in [-0.3, -0.25) is 4.90 Å². The van der Waals surface area contributed by atoms with E-state index < -0.39 is 6.10 Å². The highest BCUT2D eigenvalue weighted by molar-refractivity contribution is 7.23. The molecule has 1 atom stereocenters. The normalized spacial score (nSPS) is 20.9. The molecule has 1 aliphatic carbocycles. The summed E-state index contributed by atoms with van der Waals surface area (Å²) >= 11 is 1.11. The quantitative estimate of drug-likeness (QED) is 0.305. The number of likely N-dealkylation sites (N-methyl/N-ethyl adjacent to an activating group) is 1. The first-order chi connectivity index (χ1) is 22.4. The Morgan fingerprint density at radius 3 is 2.87 bits per heavy atom. The number of aryl methyl sites for hydroxylation is 1. The fourth-order valence-electron chi connectivity index (χ4n) is 7.58. The largest absolute Gasteiger partial charge is 0.389 e. The van der Waals surface area contributed by atoms with E-state index in [2.05, 4.69) is 32.8 Å². The van der Waals surface area contributed by atoms with Gasteiger partial charge in [0.25, 0.3) is 0 Å². The van der Waals surface area contributed by atoms with Crippen LogP contribution in [0.4, 0.5) is 21.2 Å². The lowest BCUT2D eigenvalue weighted by atomic mass is 9.95. The number of hydrogen-bond acceptors (Lipinski definition) is 11. The summed E-state index contributed by atoms with van der Waals surface area (Å²) in [6, 6.07) is 7.28. The van der Waals surface area contributed by atoms with Crippen LogP contribution in [0.1, 0.15) is 59.0 Å². The number of nitrogen functional groups attached to an aromatic ring is 1. The standard InChI is InChI=1S/C33H33FN10OS/c1-41-12-13-43(18-33(41)7-8-33)32-38-25-14-26(19-5-6-23(34)28-27(19)20(15-35)29(36)46-28)45-17-22(25)31(39-32)42-10-2-4-24-21(16-42)30-37-9-3-11-44(30)40-24/h3,5-6,9,11,26H,2,4,7-8,10,12-14,16-18,36H2,1H3/t26-/m0/s1. The summed E-state index contributed by atoms with van der Waals surface area (Å²) in [5.41, 5.74) is 12.4. The summed E-state index contributed by atoms with van der Waals surface area (Å²) in [6.45, 7) is 4.50. The molecule has 2 N–H and O–H groups in total. The Morgan fingerprint density at radius 2 is 2.02 bits per heavy atom. The number of benzene rings is 1. The number of piperazine rings is 1. The molecule has 2 fully saturated rings. The maximum Gasteiger partial charge on any atom is 0.227 e. The van der Waals surface area contributed by atoms with Crippen molar-refractivity contribution in [2.24, 2.45) is 0 Å². The van der Waals surface area contributed by atoms with Crippen molar-refractivity contribution in [3.05, 3.63) is 70.1 Å². The molecule has 5 aromatic rings. The molecule has 7 heterocycles. The molecule has 1 spiro atoms. The van der Waals surface area contributed by atoms with E-state index in [0.717, 1.165) is 95.8 Å². The molecule has 0 bridgehead atoms. The predicted molar refractivity (Wildman–Crippen MR) is 173 cm³/mol. The molecular weight excluding hydrogens is 603 g/mol. The van der Waals surface area contributed by atoms with E-state index in [4.69, 9.17) is 25.5 Å². The number of nitrogens with zero attached hydrogens (tertiary/aromatic N) is 9. The van der Waals surface area contributed by atoms with Crippen LogP contribution in [0.5, 0.6) is 0 Å². The highest BCUT2D eigenvalue weighted by atomic mass is 32.1. The molecule has 3 aliphatic heterocycles. The number of anilines is 3. The lowest BCUT2D eigenvalue weighted by Gasteiger charge is -2.41. The molecular formula is C33H33FN10OS. The van der Waals surface area contributed by atoms with E-state index in [9.17, 15) is 9.65 Å². The smallest absolute Gasteiger partial charge is 0.227 e. The third kappa shape index (κ3) is 4.27. The highest BCUT2D eigenvalue weighted by Gasteiger charge is 2.50. The minimum Gasteiger partial charge on any atom is -0.389 e. The molecule has 1 aromatic carbocycles. The summed E-state index contributed by atoms with van der Waals surface area (Å²) in [5.74, 6) is 1.26. The number of fused-ring (bicyclic) bond motifs is 5. The van der Waals surface area contributed by atoms with Gasteiger partial charge in [0.1, 0.15) is 22.7 Å². The van der Waals surface area contributed by atoms with Crippen LogP contribution in [0.15, 0.2) is 30.6 Å². The zero-order chi connectivity index (χ0) is 31.2. The van der Waals surface area contributed by atoms with Crippen molar-refractivity contribution in [1.82, 2.24) is 29.5 Å². The van der Waals surface area contributed by atoms with Gasteiger partial charge in [-0.25, -0.2) is 18.9 Å². The van der Waals surface area contributed by atoms with Crippen molar-refractivity contribution in [2.75, 3.05) is 48.8 Å². The van der Waals surface area contributed by atoms with Gasteiger partial charge in [0.15, 0.2) is 5.65 Å². The molecule has 4 aliphatic rings.